The Morgan fingerprint density at radius 1 is 1.03 bits per heavy atom. The van der Waals surface area contributed by atoms with Gasteiger partial charge in [0.15, 0.2) is 11.5 Å². The Balaban J connectivity index is 1.76. The highest BCUT2D eigenvalue weighted by atomic mass is 35.5. The number of benzene rings is 3. The van der Waals surface area contributed by atoms with Gasteiger partial charge in [-0.1, -0.05) is 40.9 Å². The van der Waals surface area contributed by atoms with Gasteiger partial charge in [0.2, 0.25) is 0 Å². The van der Waals surface area contributed by atoms with Crippen LogP contribution in [0.3, 0.4) is 0 Å². The van der Waals surface area contributed by atoms with E-state index in [0.29, 0.717) is 10.6 Å². The predicted molar refractivity (Wildman–Crippen MR) is 128 cm³/mol. The molecule has 0 bridgehead atoms. The maximum atomic E-state index is 12.6. The van der Waals surface area contributed by atoms with Crippen molar-refractivity contribution >= 4 is 45.4 Å². The monoisotopic (exact) mass is 506 g/mol. The molecule has 0 saturated carbocycles. The van der Waals surface area contributed by atoms with Crippen molar-refractivity contribution in [2.75, 3.05) is 6.61 Å². The second-order valence-electron chi connectivity index (χ2n) is 6.81. The third-order valence-electron chi connectivity index (χ3n) is 4.33. The summed E-state index contributed by atoms with van der Waals surface area (Å²) < 4.78 is 36.1. The van der Waals surface area contributed by atoms with Gasteiger partial charge in [-0.3, -0.25) is 4.79 Å². The molecule has 3 aromatic rings. The molecular weight excluding hydrogens is 487 g/mol. The van der Waals surface area contributed by atoms with Crippen LogP contribution < -0.4 is 14.3 Å². The average molecular weight is 507 g/mol. The van der Waals surface area contributed by atoms with E-state index in [1.54, 1.807) is 37.3 Å². The third-order valence-corrected chi connectivity index (χ3v) is 6.13. The van der Waals surface area contributed by atoms with Crippen molar-refractivity contribution in [2.45, 2.75) is 18.7 Å². The van der Waals surface area contributed by atoms with Crippen LogP contribution in [-0.2, 0) is 10.1 Å². The van der Waals surface area contributed by atoms with E-state index in [9.17, 15) is 13.2 Å². The second kappa shape index (κ2) is 10.7. The van der Waals surface area contributed by atoms with E-state index in [4.69, 9.17) is 32.1 Å². The lowest BCUT2D eigenvalue weighted by atomic mass is 10.2. The number of carbonyl (C=O) groups excluding carboxylic acids is 1. The molecule has 0 radical (unpaired) electrons. The normalized spacial score (nSPS) is 11.4. The van der Waals surface area contributed by atoms with Crippen LogP contribution >= 0.6 is 23.2 Å². The first kappa shape index (κ1) is 24.6. The van der Waals surface area contributed by atoms with E-state index in [0.717, 1.165) is 5.56 Å². The van der Waals surface area contributed by atoms with E-state index >= 15 is 0 Å². The number of halogens is 2. The number of carbonyl (C=O) groups is 1. The van der Waals surface area contributed by atoms with Gasteiger partial charge in [0.05, 0.1) is 23.4 Å². The molecule has 172 valence electrons. The molecule has 7 nitrogen and oxygen atoms in total. The molecule has 0 saturated heterocycles. The van der Waals surface area contributed by atoms with Crippen LogP contribution in [0.2, 0.25) is 10.0 Å². The Kier molecular flexibility index (Phi) is 7.97. The van der Waals surface area contributed by atoms with E-state index in [2.05, 4.69) is 10.5 Å². The predicted octanol–water partition coefficient (Wildman–Crippen LogP) is 5.23. The second-order valence-corrected chi connectivity index (χ2v) is 9.20. The van der Waals surface area contributed by atoms with Gasteiger partial charge in [0, 0.05) is 5.02 Å². The van der Waals surface area contributed by atoms with E-state index in [1.807, 2.05) is 6.92 Å². The van der Waals surface area contributed by atoms with Crippen molar-refractivity contribution in [1.82, 2.24) is 5.43 Å². The highest BCUT2D eigenvalue weighted by Crippen LogP contribution is 2.31. The molecule has 0 fully saturated rings. The van der Waals surface area contributed by atoms with Gasteiger partial charge in [0.25, 0.3) is 5.91 Å². The zero-order valence-electron chi connectivity index (χ0n) is 17.7. The number of aryl methyl sites for hydroxylation is 1. The first-order valence-electron chi connectivity index (χ1n) is 9.76. The van der Waals surface area contributed by atoms with Crippen molar-refractivity contribution in [2.24, 2.45) is 5.10 Å². The number of hydrogen-bond acceptors (Lipinski definition) is 6. The number of ether oxygens (including phenoxy) is 1. The minimum Gasteiger partial charge on any atom is -0.490 e. The quantitative estimate of drug-likeness (QED) is 0.256. The smallest absolute Gasteiger partial charge is 0.339 e. The van der Waals surface area contributed by atoms with Crippen molar-refractivity contribution in [3.8, 4) is 11.5 Å². The Hall–Kier alpha value is -3.07. The van der Waals surface area contributed by atoms with Crippen molar-refractivity contribution in [3.05, 3.63) is 87.4 Å². The molecule has 0 aliphatic heterocycles. The van der Waals surface area contributed by atoms with Crippen LogP contribution in [0.5, 0.6) is 11.5 Å². The summed E-state index contributed by atoms with van der Waals surface area (Å²) in [5.74, 6) is -0.266. The lowest BCUT2D eigenvalue weighted by Crippen LogP contribution is -2.18. The first-order valence-corrected chi connectivity index (χ1v) is 11.9. The molecular formula is C23H20Cl2N2O5S. The molecule has 0 unspecified atom stereocenters. The van der Waals surface area contributed by atoms with Gasteiger partial charge in [-0.05, 0) is 67.9 Å². The maximum Gasteiger partial charge on any atom is 0.339 e. The van der Waals surface area contributed by atoms with Crippen LogP contribution in [0.4, 0.5) is 0 Å². The van der Waals surface area contributed by atoms with E-state index < -0.39 is 16.0 Å². The third kappa shape index (κ3) is 6.47. The summed E-state index contributed by atoms with van der Waals surface area (Å²) in [6.45, 7) is 3.90. The Morgan fingerprint density at radius 2 is 1.76 bits per heavy atom. The molecule has 3 rings (SSSR count). The lowest BCUT2D eigenvalue weighted by molar-refractivity contribution is 0.0955. The van der Waals surface area contributed by atoms with Crippen LogP contribution in [0.15, 0.2) is 70.7 Å². The van der Waals surface area contributed by atoms with Crippen LogP contribution in [0.25, 0.3) is 0 Å². The van der Waals surface area contributed by atoms with Crippen molar-refractivity contribution in [3.63, 3.8) is 0 Å². The van der Waals surface area contributed by atoms with Gasteiger partial charge in [-0.25, -0.2) is 5.43 Å². The van der Waals surface area contributed by atoms with Gasteiger partial charge in [0.1, 0.15) is 4.90 Å². The molecule has 10 heteroatoms. The molecule has 0 heterocycles. The fourth-order valence-electron chi connectivity index (χ4n) is 2.71. The molecule has 1 N–H and O–H groups in total. The van der Waals surface area contributed by atoms with E-state index in [-0.39, 0.29) is 33.6 Å². The molecule has 33 heavy (non-hydrogen) atoms. The van der Waals surface area contributed by atoms with Gasteiger partial charge < -0.3 is 8.92 Å². The highest BCUT2D eigenvalue weighted by molar-refractivity contribution is 7.87. The standard InChI is InChI=1S/C23H20Cl2N2O5S/c1-3-31-22-12-16(14-26-27-23(28)19-10-7-17(24)13-20(19)25)6-11-21(22)32-33(29,30)18-8-4-15(2)5-9-18/h4-14H,3H2,1-2H3,(H,27,28)/b26-14+. The van der Waals surface area contributed by atoms with Crippen molar-refractivity contribution in [1.29, 1.82) is 0 Å². The molecule has 1 amide bonds. The fourth-order valence-corrected chi connectivity index (χ4v) is 4.15. The number of hydrazone groups is 1. The van der Waals surface area contributed by atoms with Crippen LogP contribution in [0.1, 0.15) is 28.4 Å². The van der Waals surface area contributed by atoms with Gasteiger partial charge in [-0.2, -0.15) is 13.5 Å². The minimum atomic E-state index is -4.04. The summed E-state index contributed by atoms with van der Waals surface area (Å²) in [4.78, 5) is 12.3. The summed E-state index contributed by atoms with van der Waals surface area (Å²) in [6, 6.07) is 15.4. The summed E-state index contributed by atoms with van der Waals surface area (Å²) >= 11 is 11.9. The van der Waals surface area contributed by atoms with Crippen LogP contribution in [-0.4, -0.2) is 27.1 Å². The molecule has 0 aliphatic carbocycles. The summed E-state index contributed by atoms with van der Waals surface area (Å²) in [6.07, 6.45) is 1.38. The fraction of sp³-hybridized carbons (Fsp3) is 0.130. The topological polar surface area (TPSA) is 94.1 Å². The van der Waals surface area contributed by atoms with Gasteiger partial charge in [-0.15, -0.1) is 0 Å². The number of hydrogen-bond donors (Lipinski definition) is 1. The number of nitrogens with one attached hydrogen (secondary N) is 1. The van der Waals surface area contributed by atoms with E-state index in [1.165, 1.54) is 36.5 Å². The van der Waals surface area contributed by atoms with Crippen molar-refractivity contribution < 1.29 is 22.1 Å². The lowest BCUT2D eigenvalue weighted by Gasteiger charge is -2.12. The Morgan fingerprint density at radius 3 is 2.42 bits per heavy atom. The molecule has 0 aromatic heterocycles. The van der Waals surface area contributed by atoms with Crippen LogP contribution in [0, 0.1) is 6.92 Å². The number of nitrogens with zero attached hydrogens (tertiary/aromatic N) is 1. The summed E-state index contributed by atoms with van der Waals surface area (Å²) in [5.41, 5.74) is 4.07. The SMILES string of the molecule is CCOc1cc(/C=N/NC(=O)c2ccc(Cl)cc2Cl)ccc1OS(=O)(=O)c1ccc(C)cc1. The largest absolute Gasteiger partial charge is 0.490 e. The summed E-state index contributed by atoms with van der Waals surface area (Å²) in [5, 5.41) is 4.52. The molecule has 0 spiro atoms. The number of amides is 1. The zero-order chi connectivity index (χ0) is 24.0. The molecule has 3 aromatic carbocycles. The zero-order valence-corrected chi connectivity index (χ0v) is 20.0. The highest BCUT2D eigenvalue weighted by Gasteiger charge is 2.19. The Bertz CT molecular complexity index is 1290. The molecule has 0 atom stereocenters. The maximum absolute atomic E-state index is 12.6. The first-order chi connectivity index (χ1) is 15.7. The molecule has 0 aliphatic rings. The average Bonchev–Trinajstić information content (AvgIpc) is 2.75. The number of rotatable bonds is 8. The van der Waals surface area contributed by atoms with Gasteiger partial charge >= 0.3 is 10.1 Å². The summed E-state index contributed by atoms with van der Waals surface area (Å²) in [7, 11) is -4.04. The minimum absolute atomic E-state index is 0.0322. The Labute approximate surface area is 202 Å².